The van der Waals surface area contributed by atoms with Crippen molar-refractivity contribution in [2.75, 3.05) is 0 Å². The maximum absolute atomic E-state index is 5.85. The quantitative estimate of drug-likeness (QED) is 0.461. The minimum atomic E-state index is -1.12. The van der Waals surface area contributed by atoms with Crippen LogP contribution in [0.1, 0.15) is 0 Å². The summed E-state index contributed by atoms with van der Waals surface area (Å²) < 4.78 is 5.01. The zero-order valence-corrected chi connectivity index (χ0v) is 8.10. The molecule has 0 spiro atoms. The lowest BCUT2D eigenvalue weighted by atomic mass is 10.2. The third-order valence-electron chi connectivity index (χ3n) is 1.62. The molecule has 2 rings (SSSR count). The Bertz CT molecular complexity index is 284. The molecule has 1 aliphatic heterocycles. The molecule has 60 valence electrons. The van der Waals surface area contributed by atoms with Crippen LogP contribution in [0.5, 0.6) is 0 Å². The summed E-state index contributed by atoms with van der Waals surface area (Å²) in [4.78, 5) is 0. The van der Waals surface area contributed by atoms with Crippen LogP contribution in [0, 0.1) is 0 Å². The molecule has 0 aromatic rings. The van der Waals surface area contributed by atoms with Crippen molar-refractivity contribution in [1.82, 2.24) is 0 Å². The molecular formula is C6H2Cl4O. The van der Waals surface area contributed by atoms with E-state index in [4.69, 9.17) is 51.1 Å². The van der Waals surface area contributed by atoms with Crippen LogP contribution in [0.3, 0.4) is 0 Å². The van der Waals surface area contributed by atoms with Crippen molar-refractivity contribution >= 4 is 46.4 Å². The smallest absolute Gasteiger partial charge is 0.228 e. The first kappa shape index (κ1) is 8.21. The summed E-state index contributed by atoms with van der Waals surface area (Å²) in [7, 11) is 0. The number of halogens is 4. The monoisotopic (exact) mass is 230 g/mol. The van der Waals surface area contributed by atoms with Gasteiger partial charge >= 0.3 is 0 Å². The lowest BCUT2D eigenvalue weighted by molar-refractivity contribution is 0.378. The van der Waals surface area contributed by atoms with Crippen LogP contribution in [0.25, 0.3) is 0 Å². The highest BCUT2D eigenvalue weighted by Gasteiger charge is 2.71. The first-order chi connectivity index (χ1) is 5.00. The van der Waals surface area contributed by atoms with Crippen LogP contribution in [-0.4, -0.2) is 10.1 Å². The van der Waals surface area contributed by atoms with E-state index in [2.05, 4.69) is 0 Å². The third kappa shape index (κ3) is 0.895. The van der Waals surface area contributed by atoms with Crippen molar-refractivity contribution in [3.63, 3.8) is 0 Å². The summed E-state index contributed by atoms with van der Waals surface area (Å²) >= 11 is 23.1. The molecule has 1 heterocycles. The molecule has 0 radical (unpaired) electrons. The van der Waals surface area contributed by atoms with Gasteiger partial charge in [0, 0.05) is 0 Å². The van der Waals surface area contributed by atoms with Gasteiger partial charge < -0.3 is 4.74 Å². The molecule has 0 bridgehead atoms. The zero-order chi connectivity index (χ0) is 8.28. The molecule has 0 N–H and O–H groups in total. The average Bonchev–Trinajstić information content (AvgIpc) is 2.50. The van der Waals surface area contributed by atoms with Crippen molar-refractivity contribution in [1.29, 1.82) is 0 Å². The van der Waals surface area contributed by atoms with Crippen molar-refractivity contribution < 1.29 is 4.74 Å². The van der Waals surface area contributed by atoms with Gasteiger partial charge in [0.25, 0.3) is 0 Å². The minimum Gasteiger partial charge on any atom is -0.320 e. The Labute approximate surface area is 83.5 Å². The molecular weight excluding hydrogens is 230 g/mol. The number of fused-ring (bicyclic) bond motifs is 1. The summed E-state index contributed by atoms with van der Waals surface area (Å²) in [6, 6.07) is 0. The van der Waals surface area contributed by atoms with Gasteiger partial charge in [-0.3, -0.25) is 0 Å². The van der Waals surface area contributed by atoms with E-state index in [9.17, 15) is 0 Å². The summed E-state index contributed by atoms with van der Waals surface area (Å²) in [6.45, 7) is 0. The Hall–Kier alpha value is 0.600. The highest BCUT2D eigenvalue weighted by molar-refractivity contribution is 6.50. The maximum atomic E-state index is 5.85. The second-order valence-electron chi connectivity index (χ2n) is 2.34. The van der Waals surface area contributed by atoms with Crippen LogP contribution in [0.2, 0.25) is 0 Å². The number of hydrogen-bond donors (Lipinski definition) is 0. The summed E-state index contributed by atoms with van der Waals surface area (Å²) in [5.74, 6) is 0. The van der Waals surface area contributed by atoms with E-state index in [1.807, 2.05) is 0 Å². The van der Waals surface area contributed by atoms with Gasteiger partial charge in [-0.15, -0.1) is 0 Å². The fourth-order valence-electron chi connectivity index (χ4n) is 0.922. The molecule has 1 nitrogen and oxygen atoms in total. The van der Waals surface area contributed by atoms with Crippen molar-refractivity contribution in [2.24, 2.45) is 0 Å². The standard InChI is InChI=1S/C6H2Cl4O/c7-3-1-2-5(9)6(10,11-5)4(3)8/h1-2H. The largest absolute Gasteiger partial charge is 0.320 e. The molecule has 0 saturated carbocycles. The number of allylic oxidation sites excluding steroid dienone is 2. The van der Waals surface area contributed by atoms with Crippen molar-refractivity contribution in [3.8, 4) is 0 Å². The summed E-state index contributed by atoms with van der Waals surface area (Å²) in [5.41, 5.74) is 0. The van der Waals surface area contributed by atoms with E-state index >= 15 is 0 Å². The molecule has 1 fully saturated rings. The molecule has 2 unspecified atom stereocenters. The predicted octanol–water partition coefficient (Wildman–Crippen LogP) is 3.15. The first-order valence-electron chi connectivity index (χ1n) is 2.82. The highest BCUT2D eigenvalue weighted by Crippen LogP contribution is 2.63. The lowest BCUT2D eigenvalue weighted by Crippen LogP contribution is -2.16. The van der Waals surface area contributed by atoms with E-state index in [-0.39, 0.29) is 5.03 Å². The van der Waals surface area contributed by atoms with Crippen LogP contribution >= 0.6 is 46.4 Å². The molecule has 2 aliphatic rings. The van der Waals surface area contributed by atoms with E-state index in [0.29, 0.717) is 5.03 Å². The number of rotatable bonds is 0. The predicted molar refractivity (Wildman–Crippen MR) is 46.1 cm³/mol. The molecule has 2 atom stereocenters. The van der Waals surface area contributed by atoms with Crippen LogP contribution in [0.15, 0.2) is 22.2 Å². The number of alkyl halides is 2. The van der Waals surface area contributed by atoms with E-state index in [1.165, 1.54) is 0 Å². The van der Waals surface area contributed by atoms with Gasteiger partial charge in [0.15, 0.2) is 0 Å². The normalized spacial score (nSPS) is 47.6. The van der Waals surface area contributed by atoms with Gasteiger partial charge in [0.05, 0.1) is 10.1 Å². The SMILES string of the molecule is ClC1=C(Cl)C2(Cl)OC2(Cl)C=C1. The Balaban J connectivity index is 2.49. The maximum Gasteiger partial charge on any atom is 0.228 e. The molecule has 5 heteroatoms. The fraction of sp³-hybridized carbons (Fsp3) is 0.333. The van der Waals surface area contributed by atoms with E-state index < -0.39 is 10.1 Å². The number of ether oxygens (including phenoxy) is 1. The Morgan fingerprint density at radius 1 is 1.27 bits per heavy atom. The number of hydrogen-bond acceptors (Lipinski definition) is 1. The topological polar surface area (TPSA) is 12.5 Å². The summed E-state index contributed by atoms with van der Waals surface area (Å²) in [6.07, 6.45) is 3.15. The first-order valence-corrected chi connectivity index (χ1v) is 4.34. The minimum absolute atomic E-state index is 0.248. The molecule has 1 saturated heterocycles. The van der Waals surface area contributed by atoms with Gasteiger partial charge in [-0.25, -0.2) is 0 Å². The molecule has 11 heavy (non-hydrogen) atoms. The second kappa shape index (κ2) is 2.09. The molecule has 0 amide bonds. The summed E-state index contributed by atoms with van der Waals surface area (Å²) in [5, 5.41) is -1.49. The van der Waals surface area contributed by atoms with Gasteiger partial charge in [-0.1, -0.05) is 46.4 Å². The zero-order valence-electron chi connectivity index (χ0n) is 5.07. The average molecular weight is 232 g/mol. The van der Waals surface area contributed by atoms with Crippen LogP contribution in [0.4, 0.5) is 0 Å². The van der Waals surface area contributed by atoms with Crippen molar-refractivity contribution in [3.05, 3.63) is 22.2 Å². The fourth-order valence-corrected chi connectivity index (χ4v) is 2.06. The van der Waals surface area contributed by atoms with Crippen LogP contribution < -0.4 is 0 Å². The van der Waals surface area contributed by atoms with Crippen LogP contribution in [-0.2, 0) is 4.74 Å². The molecule has 1 aliphatic carbocycles. The molecule has 0 aromatic heterocycles. The Morgan fingerprint density at radius 3 is 2.45 bits per heavy atom. The van der Waals surface area contributed by atoms with Gasteiger partial charge in [-0.05, 0) is 12.2 Å². The van der Waals surface area contributed by atoms with E-state index in [0.717, 1.165) is 0 Å². The number of epoxide rings is 1. The van der Waals surface area contributed by atoms with E-state index in [1.54, 1.807) is 12.2 Å². The van der Waals surface area contributed by atoms with Gasteiger partial charge in [0.2, 0.25) is 10.1 Å². The second-order valence-corrected chi connectivity index (χ2v) is 4.22. The highest BCUT2D eigenvalue weighted by atomic mass is 35.5. The molecule has 0 aromatic carbocycles. The van der Waals surface area contributed by atoms with Gasteiger partial charge in [0.1, 0.15) is 0 Å². The van der Waals surface area contributed by atoms with Crippen molar-refractivity contribution in [2.45, 2.75) is 10.1 Å². The Kier molecular flexibility index (Phi) is 1.56. The lowest BCUT2D eigenvalue weighted by Gasteiger charge is -2.09. The Morgan fingerprint density at radius 2 is 1.91 bits per heavy atom. The third-order valence-corrected chi connectivity index (χ3v) is 3.71. The van der Waals surface area contributed by atoms with Gasteiger partial charge in [-0.2, -0.15) is 0 Å².